The Morgan fingerprint density at radius 3 is 2.59 bits per heavy atom. The number of halogens is 2. The monoisotopic (exact) mass is 376 g/mol. The number of amides is 1. The van der Waals surface area contributed by atoms with Gasteiger partial charge in [-0.1, -0.05) is 15.9 Å². The molecule has 6 heteroatoms. The molecule has 0 aliphatic heterocycles. The van der Waals surface area contributed by atoms with Crippen molar-refractivity contribution in [1.82, 2.24) is 4.98 Å². The van der Waals surface area contributed by atoms with Crippen LogP contribution in [0.2, 0.25) is 0 Å². The van der Waals surface area contributed by atoms with Gasteiger partial charge in [0.2, 0.25) is 0 Å². The van der Waals surface area contributed by atoms with Crippen LogP contribution in [0.4, 0.5) is 10.1 Å². The van der Waals surface area contributed by atoms with Crippen LogP contribution in [0.1, 0.15) is 10.4 Å². The third-order valence-corrected chi connectivity index (χ3v) is 4.23. The number of aromatic nitrogens is 1. The predicted molar refractivity (Wildman–Crippen MR) is 89.6 cm³/mol. The lowest BCUT2D eigenvalue weighted by atomic mass is 10.2. The largest absolute Gasteiger partial charge is 0.322 e. The van der Waals surface area contributed by atoms with Gasteiger partial charge in [0.05, 0.1) is 0 Å². The first-order valence-corrected chi connectivity index (χ1v) is 8.06. The Labute approximate surface area is 139 Å². The maximum atomic E-state index is 13.3. The first kappa shape index (κ1) is 14.9. The lowest BCUT2D eigenvalue weighted by Gasteiger charge is -2.06. The van der Waals surface area contributed by atoms with Crippen molar-refractivity contribution in [3.8, 4) is 10.6 Å². The van der Waals surface area contributed by atoms with Crippen molar-refractivity contribution < 1.29 is 9.18 Å². The second-order valence-corrected chi connectivity index (χ2v) is 6.34. The molecule has 0 saturated heterocycles. The number of anilines is 1. The standard InChI is InChI=1S/C16H10BrFN2OS/c17-12-7-11(8-13(18)9-12)15(21)20-14-3-1-10(2-4-14)16-19-5-6-22-16/h1-9H,(H,20,21). The van der Waals surface area contributed by atoms with Crippen molar-refractivity contribution >= 4 is 38.9 Å². The van der Waals surface area contributed by atoms with E-state index in [1.165, 1.54) is 12.1 Å². The zero-order valence-corrected chi connectivity index (χ0v) is 13.6. The van der Waals surface area contributed by atoms with Gasteiger partial charge in [-0.2, -0.15) is 0 Å². The van der Waals surface area contributed by atoms with Gasteiger partial charge >= 0.3 is 0 Å². The first-order valence-electron chi connectivity index (χ1n) is 6.39. The van der Waals surface area contributed by atoms with Crippen molar-refractivity contribution in [3.63, 3.8) is 0 Å². The molecule has 3 rings (SSSR count). The molecule has 3 aromatic rings. The molecular formula is C16H10BrFN2OS. The van der Waals surface area contributed by atoms with Gasteiger partial charge in [0.15, 0.2) is 0 Å². The first-order chi connectivity index (χ1) is 10.6. The fraction of sp³-hybridized carbons (Fsp3) is 0. The summed E-state index contributed by atoms with van der Waals surface area (Å²) < 4.78 is 13.8. The summed E-state index contributed by atoms with van der Waals surface area (Å²) in [5, 5.41) is 5.57. The van der Waals surface area contributed by atoms with Crippen molar-refractivity contribution in [1.29, 1.82) is 0 Å². The van der Waals surface area contributed by atoms with Crippen LogP contribution in [0.5, 0.6) is 0 Å². The Hall–Kier alpha value is -2.05. The maximum Gasteiger partial charge on any atom is 0.255 e. The minimum absolute atomic E-state index is 0.260. The van der Waals surface area contributed by atoms with Gasteiger partial charge in [-0.3, -0.25) is 4.79 Å². The number of rotatable bonds is 3. The minimum atomic E-state index is -0.460. The van der Waals surface area contributed by atoms with Crippen LogP contribution in [0, 0.1) is 5.82 Å². The number of thiazole rings is 1. The maximum absolute atomic E-state index is 13.3. The van der Waals surface area contributed by atoms with Crippen LogP contribution in [-0.2, 0) is 0 Å². The predicted octanol–water partition coefficient (Wildman–Crippen LogP) is 4.96. The highest BCUT2D eigenvalue weighted by Crippen LogP contribution is 2.23. The van der Waals surface area contributed by atoms with Crippen molar-refractivity contribution in [2.75, 3.05) is 5.32 Å². The quantitative estimate of drug-likeness (QED) is 0.701. The van der Waals surface area contributed by atoms with E-state index in [-0.39, 0.29) is 11.5 Å². The molecule has 0 spiro atoms. The molecule has 22 heavy (non-hydrogen) atoms. The number of hydrogen-bond donors (Lipinski definition) is 1. The zero-order valence-electron chi connectivity index (χ0n) is 11.2. The van der Waals surface area contributed by atoms with Crippen molar-refractivity contribution in [2.24, 2.45) is 0 Å². The average Bonchev–Trinajstić information content (AvgIpc) is 3.01. The zero-order chi connectivity index (χ0) is 15.5. The van der Waals surface area contributed by atoms with Crippen LogP contribution in [0.3, 0.4) is 0 Å². The lowest BCUT2D eigenvalue weighted by Crippen LogP contribution is -2.12. The fourth-order valence-electron chi connectivity index (χ4n) is 1.95. The number of nitrogens with zero attached hydrogens (tertiary/aromatic N) is 1. The normalized spacial score (nSPS) is 10.5. The van der Waals surface area contributed by atoms with Gasteiger partial charge < -0.3 is 5.32 Å². The van der Waals surface area contributed by atoms with E-state index in [0.29, 0.717) is 10.2 Å². The molecule has 2 aromatic carbocycles. The number of benzene rings is 2. The summed E-state index contributed by atoms with van der Waals surface area (Å²) in [7, 11) is 0. The minimum Gasteiger partial charge on any atom is -0.322 e. The third-order valence-electron chi connectivity index (χ3n) is 2.95. The summed E-state index contributed by atoms with van der Waals surface area (Å²) in [6.45, 7) is 0. The Morgan fingerprint density at radius 2 is 1.95 bits per heavy atom. The number of nitrogens with one attached hydrogen (secondary N) is 1. The van der Waals surface area contributed by atoms with Crippen LogP contribution in [0.25, 0.3) is 10.6 Å². The highest BCUT2D eigenvalue weighted by molar-refractivity contribution is 9.10. The summed E-state index contributed by atoms with van der Waals surface area (Å²) in [4.78, 5) is 16.4. The number of carbonyl (C=O) groups excluding carboxylic acids is 1. The molecule has 1 heterocycles. The summed E-state index contributed by atoms with van der Waals surface area (Å²) in [5.74, 6) is -0.819. The molecule has 0 aliphatic rings. The van der Waals surface area contributed by atoms with Crippen LogP contribution in [-0.4, -0.2) is 10.9 Å². The second-order valence-electron chi connectivity index (χ2n) is 4.53. The molecule has 0 bridgehead atoms. The summed E-state index contributed by atoms with van der Waals surface area (Å²) in [5.41, 5.74) is 1.89. The average molecular weight is 377 g/mol. The third kappa shape index (κ3) is 3.40. The topological polar surface area (TPSA) is 42.0 Å². The smallest absolute Gasteiger partial charge is 0.255 e. The van der Waals surface area contributed by atoms with Gasteiger partial charge in [0.25, 0.3) is 5.91 Å². The molecule has 0 atom stereocenters. The molecule has 0 saturated carbocycles. The molecule has 0 unspecified atom stereocenters. The van der Waals surface area contributed by atoms with Gasteiger partial charge in [0, 0.05) is 32.9 Å². The summed E-state index contributed by atoms with van der Waals surface area (Å²) >= 11 is 4.72. The van der Waals surface area contributed by atoms with Crippen molar-refractivity contribution in [2.45, 2.75) is 0 Å². The molecule has 110 valence electrons. The van der Waals surface area contributed by atoms with E-state index >= 15 is 0 Å². The van der Waals surface area contributed by atoms with E-state index in [2.05, 4.69) is 26.2 Å². The van der Waals surface area contributed by atoms with Gasteiger partial charge in [-0.25, -0.2) is 9.37 Å². The molecule has 0 radical (unpaired) electrons. The molecule has 1 amide bonds. The molecular weight excluding hydrogens is 367 g/mol. The number of carbonyl (C=O) groups is 1. The van der Waals surface area contributed by atoms with Crippen molar-refractivity contribution in [3.05, 3.63) is 69.9 Å². The van der Waals surface area contributed by atoms with Gasteiger partial charge in [-0.15, -0.1) is 11.3 Å². The van der Waals surface area contributed by atoms with E-state index in [1.807, 2.05) is 17.5 Å². The van der Waals surface area contributed by atoms with E-state index in [1.54, 1.807) is 35.7 Å². The van der Waals surface area contributed by atoms with E-state index < -0.39 is 5.82 Å². The van der Waals surface area contributed by atoms with Crippen LogP contribution < -0.4 is 5.32 Å². The Morgan fingerprint density at radius 1 is 1.18 bits per heavy atom. The highest BCUT2D eigenvalue weighted by Gasteiger charge is 2.09. The Balaban J connectivity index is 1.76. The molecule has 0 fully saturated rings. The lowest BCUT2D eigenvalue weighted by molar-refractivity contribution is 0.102. The van der Waals surface area contributed by atoms with Gasteiger partial charge in [-0.05, 0) is 42.5 Å². The second kappa shape index (κ2) is 6.37. The summed E-state index contributed by atoms with van der Waals surface area (Å²) in [6, 6.07) is 11.4. The van der Waals surface area contributed by atoms with E-state index in [0.717, 1.165) is 10.6 Å². The Kier molecular flexibility index (Phi) is 4.31. The summed E-state index contributed by atoms with van der Waals surface area (Å²) in [6.07, 6.45) is 1.75. The molecule has 1 aromatic heterocycles. The van der Waals surface area contributed by atoms with Crippen LogP contribution in [0.15, 0.2) is 58.5 Å². The molecule has 0 aliphatic carbocycles. The number of hydrogen-bond acceptors (Lipinski definition) is 3. The Bertz CT molecular complexity index is 783. The van der Waals surface area contributed by atoms with E-state index in [9.17, 15) is 9.18 Å². The van der Waals surface area contributed by atoms with Crippen LogP contribution >= 0.6 is 27.3 Å². The fourth-order valence-corrected chi connectivity index (χ4v) is 3.06. The SMILES string of the molecule is O=C(Nc1ccc(-c2nccs2)cc1)c1cc(F)cc(Br)c1. The highest BCUT2D eigenvalue weighted by atomic mass is 79.9. The van der Waals surface area contributed by atoms with Gasteiger partial charge in [0.1, 0.15) is 10.8 Å². The molecule has 1 N–H and O–H groups in total. The molecule has 3 nitrogen and oxygen atoms in total. The van der Waals surface area contributed by atoms with E-state index in [4.69, 9.17) is 0 Å².